The van der Waals surface area contributed by atoms with Gasteiger partial charge in [0.15, 0.2) is 0 Å². The Labute approximate surface area is 113 Å². The summed E-state index contributed by atoms with van der Waals surface area (Å²) in [4.78, 5) is 8.78. The first-order valence-corrected chi connectivity index (χ1v) is 7.27. The largest absolute Gasteiger partial charge is 0.465 e. The van der Waals surface area contributed by atoms with Gasteiger partial charge in [-0.2, -0.15) is 0 Å². The lowest BCUT2D eigenvalue weighted by Gasteiger charge is -2.40. The molecule has 0 radical (unpaired) electrons. The van der Waals surface area contributed by atoms with E-state index in [0.29, 0.717) is 29.8 Å². The number of ether oxygens (including phenoxy) is 2. The fourth-order valence-corrected chi connectivity index (χ4v) is 4.05. The molecule has 0 bridgehead atoms. The summed E-state index contributed by atoms with van der Waals surface area (Å²) in [5.41, 5.74) is 4.59. The van der Waals surface area contributed by atoms with E-state index >= 15 is 0 Å². The molecule has 6 unspecified atom stereocenters. The molecular formula is C14H23NO4. The normalized spacial score (nSPS) is 50.1. The van der Waals surface area contributed by atoms with Crippen molar-refractivity contribution in [1.82, 2.24) is 0 Å². The molecule has 4 rings (SSSR count). The SMILES string of the molecule is CC1(C2CCC3OC3C2)CCC2OC2C1.NC(=O)O. The Kier molecular flexibility index (Phi) is 3.21. The number of hydrogen-bond acceptors (Lipinski definition) is 3. The molecule has 3 N–H and O–H groups in total. The molecule has 2 saturated carbocycles. The predicted octanol–water partition coefficient (Wildman–Crippen LogP) is 2.13. The second-order valence-electron chi connectivity index (χ2n) is 6.67. The van der Waals surface area contributed by atoms with E-state index in [4.69, 9.17) is 19.4 Å². The summed E-state index contributed by atoms with van der Waals surface area (Å²) in [7, 11) is 0. The van der Waals surface area contributed by atoms with Crippen molar-refractivity contribution in [3.05, 3.63) is 0 Å². The zero-order chi connectivity index (χ0) is 13.6. The van der Waals surface area contributed by atoms with Crippen LogP contribution in [-0.2, 0) is 9.47 Å². The molecule has 0 aromatic heterocycles. The Morgan fingerprint density at radius 2 is 1.79 bits per heavy atom. The van der Waals surface area contributed by atoms with Gasteiger partial charge in [0.25, 0.3) is 0 Å². The van der Waals surface area contributed by atoms with Gasteiger partial charge >= 0.3 is 6.09 Å². The van der Waals surface area contributed by atoms with Crippen LogP contribution < -0.4 is 5.73 Å². The predicted molar refractivity (Wildman–Crippen MR) is 68.8 cm³/mol. The van der Waals surface area contributed by atoms with Gasteiger partial charge in [-0.05, 0) is 49.9 Å². The number of primary amides is 1. The number of epoxide rings is 2. The first-order valence-electron chi connectivity index (χ1n) is 7.27. The van der Waals surface area contributed by atoms with Crippen LogP contribution in [0.3, 0.4) is 0 Å². The smallest absolute Gasteiger partial charge is 0.402 e. The van der Waals surface area contributed by atoms with Gasteiger partial charge < -0.3 is 20.3 Å². The topological polar surface area (TPSA) is 88.4 Å². The molecule has 2 aliphatic heterocycles. The van der Waals surface area contributed by atoms with Crippen molar-refractivity contribution < 1.29 is 19.4 Å². The maximum absolute atomic E-state index is 8.78. The van der Waals surface area contributed by atoms with Crippen LogP contribution in [-0.4, -0.2) is 35.6 Å². The Bertz CT molecular complexity index is 370. The molecule has 4 fully saturated rings. The van der Waals surface area contributed by atoms with E-state index in [9.17, 15) is 0 Å². The maximum atomic E-state index is 8.78. The second-order valence-corrected chi connectivity index (χ2v) is 6.67. The van der Waals surface area contributed by atoms with Crippen LogP contribution in [0.5, 0.6) is 0 Å². The Hall–Kier alpha value is -0.810. The molecule has 5 nitrogen and oxygen atoms in total. The molecule has 0 aromatic carbocycles. The number of carboxylic acid groups (broad SMARTS) is 1. The third-order valence-corrected chi connectivity index (χ3v) is 5.34. The third-order valence-electron chi connectivity index (χ3n) is 5.34. The van der Waals surface area contributed by atoms with Crippen LogP contribution in [0.4, 0.5) is 4.79 Å². The molecule has 19 heavy (non-hydrogen) atoms. The molecule has 108 valence electrons. The van der Waals surface area contributed by atoms with Crippen LogP contribution in [0, 0.1) is 11.3 Å². The summed E-state index contributed by atoms with van der Waals surface area (Å²) >= 11 is 0. The van der Waals surface area contributed by atoms with Gasteiger partial charge in [0.05, 0.1) is 24.4 Å². The average Bonchev–Trinajstić information content (AvgIpc) is 3.21. The number of amides is 1. The molecule has 2 heterocycles. The fourth-order valence-electron chi connectivity index (χ4n) is 4.05. The monoisotopic (exact) mass is 269 g/mol. The molecule has 2 saturated heterocycles. The van der Waals surface area contributed by atoms with E-state index in [2.05, 4.69) is 12.7 Å². The van der Waals surface area contributed by atoms with Crippen molar-refractivity contribution in [2.75, 3.05) is 0 Å². The van der Waals surface area contributed by atoms with Crippen LogP contribution in [0.25, 0.3) is 0 Å². The van der Waals surface area contributed by atoms with Crippen molar-refractivity contribution >= 4 is 6.09 Å². The Balaban J connectivity index is 0.000000247. The lowest BCUT2D eigenvalue weighted by atomic mass is 9.63. The average molecular weight is 269 g/mol. The molecular weight excluding hydrogens is 246 g/mol. The summed E-state index contributed by atoms with van der Waals surface area (Å²) in [6, 6.07) is 0. The van der Waals surface area contributed by atoms with Crippen LogP contribution in [0.2, 0.25) is 0 Å². The van der Waals surface area contributed by atoms with Crippen LogP contribution in [0.1, 0.15) is 45.4 Å². The highest BCUT2D eigenvalue weighted by Gasteiger charge is 2.54. The summed E-state index contributed by atoms with van der Waals surface area (Å²) in [6.45, 7) is 2.50. The van der Waals surface area contributed by atoms with E-state index in [0.717, 1.165) is 5.92 Å². The highest BCUT2D eigenvalue weighted by Crippen LogP contribution is 2.55. The molecule has 2 aliphatic carbocycles. The standard InChI is InChI=1S/C13H20O2.CH3NO2/c1-13(5-4-10-12(7-13)15-10)8-2-3-9-11(6-8)14-9;2-1(3)4/h8-12H,2-7H2,1H3;2H2,(H,3,4). The van der Waals surface area contributed by atoms with Crippen LogP contribution in [0.15, 0.2) is 0 Å². The first-order chi connectivity index (χ1) is 8.98. The molecule has 5 heteroatoms. The highest BCUT2D eigenvalue weighted by atomic mass is 16.6. The van der Waals surface area contributed by atoms with Gasteiger partial charge in [-0.1, -0.05) is 6.92 Å². The minimum atomic E-state index is -1.33. The van der Waals surface area contributed by atoms with Gasteiger partial charge in [-0.15, -0.1) is 0 Å². The van der Waals surface area contributed by atoms with Gasteiger partial charge in [-0.25, -0.2) is 4.79 Å². The lowest BCUT2D eigenvalue weighted by Crippen LogP contribution is -2.35. The van der Waals surface area contributed by atoms with E-state index < -0.39 is 6.09 Å². The minimum Gasteiger partial charge on any atom is -0.465 e. The van der Waals surface area contributed by atoms with E-state index in [-0.39, 0.29) is 0 Å². The number of rotatable bonds is 1. The zero-order valence-electron chi connectivity index (χ0n) is 11.4. The van der Waals surface area contributed by atoms with E-state index in [1.165, 1.54) is 38.5 Å². The summed E-state index contributed by atoms with van der Waals surface area (Å²) in [5.74, 6) is 0.909. The third kappa shape index (κ3) is 2.87. The molecule has 4 aliphatic rings. The fraction of sp³-hybridized carbons (Fsp3) is 0.929. The first kappa shape index (κ1) is 13.2. The van der Waals surface area contributed by atoms with E-state index in [1.807, 2.05) is 0 Å². The minimum absolute atomic E-state index is 0.564. The van der Waals surface area contributed by atoms with Crippen molar-refractivity contribution in [3.8, 4) is 0 Å². The Morgan fingerprint density at radius 3 is 2.42 bits per heavy atom. The van der Waals surface area contributed by atoms with Gasteiger partial charge in [0, 0.05) is 0 Å². The molecule has 0 aromatic rings. The highest BCUT2D eigenvalue weighted by molar-refractivity contribution is 5.61. The quantitative estimate of drug-likeness (QED) is 0.714. The number of carbonyl (C=O) groups is 1. The van der Waals surface area contributed by atoms with Crippen molar-refractivity contribution in [1.29, 1.82) is 0 Å². The lowest BCUT2D eigenvalue weighted by molar-refractivity contribution is 0.103. The van der Waals surface area contributed by atoms with Gasteiger partial charge in [0.1, 0.15) is 0 Å². The number of fused-ring (bicyclic) bond motifs is 2. The van der Waals surface area contributed by atoms with Gasteiger partial charge in [-0.3, -0.25) is 0 Å². The summed E-state index contributed by atoms with van der Waals surface area (Å²) in [6.07, 6.45) is 9.29. The summed E-state index contributed by atoms with van der Waals surface area (Å²) < 4.78 is 11.3. The number of hydrogen-bond donors (Lipinski definition) is 2. The maximum Gasteiger partial charge on any atom is 0.402 e. The molecule has 6 atom stereocenters. The Morgan fingerprint density at radius 1 is 1.16 bits per heavy atom. The van der Waals surface area contributed by atoms with Crippen molar-refractivity contribution in [2.45, 2.75) is 69.9 Å². The van der Waals surface area contributed by atoms with Crippen molar-refractivity contribution in [3.63, 3.8) is 0 Å². The van der Waals surface area contributed by atoms with Crippen molar-refractivity contribution in [2.24, 2.45) is 17.1 Å². The number of nitrogens with two attached hydrogens (primary N) is 1. The second kappa shape index (κ2) is 4.63. The van der Waals surface area contributed by atoms with E-state index in [1.54, 1.807) is 0 Å². The summed E-state index contributed by atoms with van der Waals surface area (Å²) in [5, 5.41) is 7.19. The molecule has 0 spiro atoms. The molecule has 1 amide bonds. The van der Waals surface area contributed by atoms with Gasteiger partial charge in [0.2, 0.25) is 0 Å². The van der Waals surface area contributed by atoms with Crippen LogP contribution >= 0.6 is 0 Å². The zero-order valence-corrected chi connectivity index (χ0v) is 11.4.